The summed E-state index contributed by atoms with van der Waals surface area (Å²) in [6.07, 6.45) is 1.96. The standard InChI is InChI=1S/C12H9ClFN5O3/c1-18-11(10(6-16-18)19(21)22)12(20)17-15-5-7-8(13)3-2-4-9(7)14/h2-6H,1H3,(H,17,20)/b15-5+. The number of aryl methyl sites for hydroxylation is 1. The summed E-state index contributed by atoms with van der Waals surface area (Å²) >= 11 is 5.79. The largest absolute Gasteiger partial charge is 0.320 e. The van der Waals surface area contributed by atoms with Crippen LogP contribution in [0.1, 0.15) is 16.1 Å². The van der Waals surface area contributed by atoms with E-state index in [2.05, 4.69) is 15.6 Å². The van der Waals surface area contributed by atoms with Crippen LogP contribution in [-0.4, -0.2) is 26.8 Å². The Hall–Kier alpha value is -2.81. The summed E-state index contributed by atoms with van der Waals surface area (Å²) in [5.74, 6) is -1.47. The molecule has 114 valence electrons. The van der Waals surface area contributed by atoms with E-state index >= 15 is 0 Å². The molecule has 0 radical (unpaired) electrons. The first-order valence-corrected chi connectivity index (χ1v) is 6.23. The molecule has 0 aliphatic rings. The quantitative estimate of drug-likeness (QED) is 0.526. The highest BCUT2D eigenvalue weighted by atomic mass is 35.5. The lowest BCUT2D eigenvalue weighted by Gasteiger charge is -2.01. The molecule has 1 aromatic carbocycles. The van der Waals surface area contributed by atoms with Gasteiger partial charge in [-0.3, -0.25) is 19.6 Å². The summed E-state index contributed by atoms with van der Waals surface area (Å²) in [5, 5.41) is 18.1. The minimum Gasteiger partial charge on any atom is -0.265 e. The molecule has 1 heterocycles. The molecule has 0 saturated carbocycles. The highest BCUT2D eigenvalue weighted by Gasteiger charge is 2.25. The molecule has 2 rings (SSSR count). The summed E-state index contributed by atoms with van der Waals surface area (Å²) in [5.41, 5.74) is 1.32. The number of nitrogens with zero attached hydrogens (tertiary/aromatic N) is 4. The fourth-order valence-corrected chi connectivity index (χ4v) is 1.88. The Morgan fingerprint density at radius 1 is 1.59 bits per heavy atom. The first-order valence-electron chi connectivity index (χ1n) is 5.85. The van der Waals surface area contributed by atoms with Crippen molar-refractivity contribution in [3.05, 3.63) is 56.6 Å². The topological polar surface area (TPSA) is 102 Å². The van der Waals surface area contributed by atoms with E-state index in [0.29, 0.717) is 0 Å². The van der Waals surface area contributed by atoms with Gasteiger partial charge in [-0.1, -0.05) is 17.7 Å². The number of aromatic nitrogens is 2. The Labute approximate surface area is 128 Å². The van der Waals surface area contributed by atoms with Crippen LogP contribution in [0.4, 0.5) is 10.1 Å². The minimum atomic E-state index is -0.851. The molecule has 0 aliphatic carbocycles. The van der Waals surface area contributed by atoms with Gasteiger partial charge >= 0.3 is 5.69 Å². The lowest BCUT2D eigenvalue weighted by atomic mass is 10.2. The van der Waals surface area contributed by atoms with Gasteiger partial charge in [0.2, 0.25) is 5.69 Å². The third-order valence-electron chi connectivity index (χ3n) is 2.69. The summed E-state index contributed by atoms with van der Waals surface area (Å²) < 4.78 is 14.5. The van der Waals surface area contributed by atoms with Gasteiger partial charge in [0.15, 0.2) is 0 Å². The van der Waals surface area contributed by atoms with Crippen LogP contribution < -0.4 is 5.43 Å². The highest BCUT2D eigenvalue weighted by Crippen LogP contribution is 2.17. The summed E-state index contributed by atoms with van der Waals surface area (Å²) in [4.78, 5) is 21.9. The molecule has 22 heavy (non-hydrogen) atoms. The molecule has 8 nitrogen and oxygen atoms in total. The first kappa shape index (κ1) is 15.6. The Kier molecular flexibility index (Phi) is 4.47. The van der Waals surface area contributed by atoms with Crippen molar-refractivity contribution in [3.63, 3.8) is 0 Å². The molecule has 0 spiro atoms. The van der Waals surface area contributed by atoms with Crippen molar-refractivity contribution in [3.8, 4) is 0 Å². The average Bonchev–Trinajstić information content (AvgIpc) is 2.84. The van der Waals surface area contributed by atoms with Gasteiger partial charge in [0, 0.05) is 12.6 Å². The normalized spacial score (nSPS) is 10.9. The second kappa shape index (κ2) is 6.31. The predicted molar refractivity (Wildman–Crippen MR) is 76.3 cm³/mol. The van der Waals surface area contributed by atoms with E-state index in [-0.39, 0.29) is 16.3 Å². The van der Waals surface area contributed by atoms with Crippen LogP contribution in [0, 0.1) is 15.9 Å². The zero-order valence-corrected chi connectivity index (χ0v) is 11.9. The lowest BCUT2D eigenvalue weighted by molar-refractivity contribution is -0.385. The number of carbonyl (C=O) groups excluding carboxylic acids is 1. The molecule has 0 fully saturated rings. The van der Waals surface area contributed by atoms with E-state index in [1.165, 1.54) is 25.2 Å². The maximum Gasteiger partial charge on any atom is 0.320 e. The maximum absolute atomic E-state index is 13.5. The highest BCUT2D eigenvalue weighted by molar-refractivity contribution is 6.33. The molecule has 1 N–H and O–H groups in total. The predicted octanol–water partition coefficient (Wildman–Crippen LogP) is 1.88. The number of nitrogens with one attached hydrogen (secondary N) is 1. The molecule has 1 aromatic heterocycles. The molecule has 0 aliphatic heterocycles. The van der Waals surface area contributed by atoms with Crippen LogP contribution in [0.3, 0.4) is 0 Å². The van der Waals surface area contributed by atoms with Crippen molar-refractivity contribution in [1.82, 2.24) is 15.2 Å². The Bertz CT molecular complexity index is 754. The average molecular weight is 326 g/mol. The third-order valence-corrected chi connectivity index (χ3v) is 3.02. The number of halogens is 2. The molecular weight excluding hydrogens is 317 g/mol. The van der Waals surface area contributed by atoms with Crippen LogP contribution in [0.2, 0.25) is 5.02 Å². The van der Waals surface area contributed by atoms with Gasteiger partial charge in [-0.2, -0.15) is 10.2 Å². The molecule has 0 bridgehead atoms. The summed E-state index contributed by atoms with van der Waals surface area (Å²) in [6.45, 7) is 0. The van der Waals surface area contributed by atoms with Gasteiger partial charge in [0.05, 0.1) is 16.2 Å². The van der Waals surface area contributed by atoms with Crippen LogP contribution in [0.5, 0.6) is 0 Å². The van der Waals surface area contributed by atoms with Crippen molar-refractivity contribution in [2.45, 2.75) is 0 Å². The van der Waals surface area contributed by atoms with Crippen LogP contribution >= 0.6 is 11.6 Å². The van der Waals surface area contributed by atoms with Gasteiger partial charge in [-0.05, 0) is 12.1 Å². The molecular formula is C12H9ClFN5O3. The van der Waals surface area contributed by atoms with Gasteiger partial charge in [-0.25, -0.2) is 9.82 Å². The Morgan fingerprint density at radius 2 is 2.32 bits per heavy atom. The van der Waals surface area contributed by atoms with Crippen molar-refractivity contribution >= 4 is 29.4 Å². The van der Waals surface area contributed by atoms with Crippen molar-refractivity contribution < 1.29 is 14.1 Å². The molecule has 10 heteroatoms. The molecule has 2 aromatic rings. The third kappa shape index (κ3) is 3.09. The second-order valence-electron chi connectivity index (χ2n) is 4.09. The fraction of sp³-hybridized carbons (Fsp3) is 0.0833. The van der Waals surface area contributed by atoms with Crippen LogP contribution in [-0.2, 0) is 7.05 Å². The van der Waals surface area contributed by atoms with Crippen LogP contribution in [0.25, 0.3) is 0 Å². The number of benzene rings is 1. The minimum absolute atomic E-state index is 0.0102. The number of hydrogen-bond acceptors (Lipinski definition) is 5. The van der Waals surface area contributed by atoms with Gasteiger partial charge in [0.1, 0.15) is 12.0 Å². The molecule has 0 atom stereocenters. The first-order chi connectivity index (χ1) is 10.4. The van der Waals surface area contributed by atoms with Gasteiger partial charge < -0.3 is 0 Å². The zero-order chi connectivity index (χ0) is 16.3. The number of carbonyl (C=O) groups is 1. The number of rotatable bonds is 4. The smallest absolute Gasteiger partial charge is 0.265 e. The SMILES string of the molecule is Cn1ncc([N+](=O)[O-])c1C(=O)N/N=C/c1c(F)cccc1Cl. The Morgan fingerprint density at radius 3 is 2.95 bits per heavy atom. The van der Waals surface area contributed by atoms with Crippen molar-refractivity contribution in [2.75, 3.05) is 0 Å². The van der Waals surface area contributed by atoms with E-state index in [4.69, 9.17) is 11.6 Å². The van der Waals surface area contributed by atoms with Crippen molar-refractivity contribution in [1.29, 1.82) is 0 Å². The van der Waals surface area contributed by atoms with Crippen LogP contribution in [0.15, 0.2) is 29.5 Å². The molecule has 0 unspecified atom stereocenters. The molecule has 1 amide bonds. The van der Waals surface area contributed by atoms with Gasteiger partial charge in [0.25, 0.3) is 5.91 Å². The lowest BCUT2D eigenvalue weighted by Crippen LogP contribution is -2.22. The van der Waals surface area contributed by atoms with E-state index in [9.17, 15) is 19.3 Å². The van der Waals surface area contributed by atoms with E-state index < -0.39 is 22.3 Å². The second-order valence-corrected chi connectivity index (χ2v) is 4.50. The van der Waals surface area contributed by atoms with E-state index in [1.54, 1.807) is 0 Å². The maximum atomic E-state index is 13.5. The Balaban J connectivity index is 2.19. The van der Waals surface area contributed by atoms with E-state index in [0.717, 1.165) is 17.1 Å². The number of nitro groups is 1. The number of hydrazone groups is 1. The zero-order valence-electron chi connectivity index (χ0n) is 11.2. The van der Waals surface area contributed by atoms with Gasteiger partial charge in [-0.15, -0.1) is 0 Å². The van der Waals surface area contributed by atoms with E-state index in [1.807, 2.05) is 0 Å². The number of amides is 1. The number of hydrogen-bond donors (Lipinski definition) is 1. The monoisotopic (exact) mass is 325 g/mol. The molecule has 0 saturated heterocycles. The fourth-order valence-electron chi connectivity index (χ4n) is 1.67. The van der Waals surface area contributed by atoms with Crippen molar-refractivity contribution in [2.24, 2.45) is 12.1 Å². The summed E-state index contributed by atoms with van der Waals surface area (Å²) in [6, 6.07) is 4.06. The summed E-state index contributed by atoms with van der Waals surface area (Å²) in [7, 11) is 1.37.